The summed E-state index contributed by atoms with van der Waals surface area (Å²) in [7, 11) is 0. The van der Waals surface area contributed by atoms with Crippen molar-refractivity contribution in [3.63, 3.8) is 0 Å². The van der Waals surface area contributed by atoms with E-state index in [-0.39, 0.29) is 17.2 Å². The van der Waals surface area contributed by atoms with Crippen LogP contribution in [0, 0.1) is 0 Å². The van der Waals surface area contributed by atoms with Gasteiger partial charge in [-0.15, -0.1) is 13.2 Å². The minimum Gasteiger partial charge on any atom is -0.406 e. The van der Waals surface area contributed by atoms with E-state index in [2.05, 4.69) is 10.1 Å². The quantitative estimate of drug-likeness (QED) is 0.817. The molecule has 4 nitrogen and oxygen atoms in total. The Hall–Kier alpha value is -2.54. The fraction of sp³-hybridized carbons (Fsp3) is 0.278. The largest absolute Gasteiger partial charge is 0.573 e. The van der Waals surface area contributed by atoms with E-state index >= 15 is 0 Å². The van der Waals surface area contributed by atoms with E-state index in [1.807, 2.05) is 31.2 Å². The molecule has 7 heteroatoms. The molecule has 1 N–H and O–H groups in total. The second-order valence-corrected chi connectivity index (χ2v) is 5.21. The van der Waals surface area contributed by atoms with Gasteiger partial charge in [0.1, 0.15) is 5.75 Å². The van der Waals surface area contributed by atoms with Crippen molar-refractivity contribution in [2.24, 2.45) is 0 Å². The zero-order valence-corrected chi connectivity index (χ0v) is 13.6. The summed E-state index contributed by atoms with van der Waals surface area (Å²) in [6.07, 6.45) is -4.75. The summed E-state index contributed by atoms with van der Waals surface area (Å²) in [5, 5.41) is 2.71. The summed E-state index contributed by atoms with van der Waals surface area (Å²) in [4.78, 5) is 12.0. The number of carbonyl (C=O) groups is 1. The Morgan fingerprint density at radius 1 is 1.00 bits per heavy atom. The van der Waals surface area contributed by atoms with Crippen molar-refractivity contribution in [3.8, 4) is 5.75 Å². The molecule has 0 atom stereocenters. The van der Waals surface area contributed by atoms with Crippen LogP contribution in [0.5, 0.6) is 5.75 Å². The standard InChI is InChI=1S/C18H18F3NO3/c1-2-24-12-14-5-3-13(4-6-14)11-22-17(23)15-7-9-16(10-8-15)25-18(19,20)21/h3-10H,2,11-12H2,1H3,(H,22,23). The molecule has 1 amide bonds. The normalized spacial score (nSPS) is 11.2. The number of hydrogen-bond acceptors (Lipinski definition) is 3. The van der Waals surface area contributed by atoms with Crippen LogP contribution in [0.3, 0.4) is 0 Å². The Labute approximate surface area is 143 Å². The highest BCUT2D eigenvalue weighted by Crippen LogP contribution is 2.22. The van der Waals surface area contributed by atoms with Gasteiger partial charge in [-0.2, -0.15) is 0 Å². The summed E-state index contributed by atoms with van der Waals surface area (Å²) in [5.74, 6) is -0.745. The second kappa shape index (κ2) is 8.53. The number of nitrogens with one attached hydrogen (secondary N) is 1. The smallest absolute Gasteiger partial charge is 0.406 e. The molecule has 2 aromatic carbocycles. The van der Waals surface area contributed by atoms with Gasteiger partial charge in [-0.1, -0.05) is 24.3 Å². The molecule has 25 heavy (non-hydrogen) atoms. The van der Waals surface area contributed by atoms with Crippen LogP contribution < -0.4 is 10.1 Å². The van der Waals surface area contributed by atoms with Crippen LogP contribution in [-0.2, 0) is 17.9 Å². The van der Waals surface area contributed by atoms with Gasteiger partial charge in [-0.05, 0) is 42.3 Å². The van der Waals surface area contributed by atoms with Gasteiger partial charge in [-0.25, -0.2) is 0 Å². The van der Waals surface area contributed by atoms with Crippen LogP contribution in [0.15, 0.2) is 48.5 Å². The Morgan fingerprint density at radius 2 is 1.60 bits per heavy atom. The first-order chi connectivity index (χ1) is 11.9. The number of rotatable bonds is 7. The van der Waals surface area contributed by atoms with Gasteiger partial charge in [0, 0.05) is 18.7 Å². The van der Waals surface area contributed by atoms with E-state index in [1.54, 1.807) is 0 Å². The predicted octanol–water partition coefficient (Wildman–Crippen LogP) is 4.05. The highest BCUT2D eigenvalue weighted by Gasteiger charge is 2.31. The molecule has 0 aromatic heterocycles. The van der Waals surface area contributed by atoms with E-state index in [9.17, 15) is 18.0 Å². The lowest BCUT2D eigenvalue weighted by atomic mass is 10.1. The van der Waals surface area contributed by atoms with Crippen LogP contribution >= 0.6 is 0 Å². The Kier molecular flexibility index (Phi) is 6.41. The maximum absolute atomic E-state index is 12.1. The average molecular weight is 353 g/mol. The van der Waals surface area contributed by atoms with Crippen molar-refractivity contribution in [2.45, 2.75) is 26.4 Å². The molecule has 0 radical (unpaired) electrons. The lowest BCUT2D eigenvalue weighted by Gasteiger charge is -2.10. The topological polar surface area (TPSA) is 47.6 Å². The molecule has 0 aliphatic heterocycles. The molecule has 0 unspecified atom stereocenters. The number of halogens is 3. The van der Waals surface area contributed by atoms with E-state index in [0.29, 0.717) is 19.8 Å². The van der Waals surface area contributed by atoms with Crippen molar-refractivity contribution >= 4 is 5.91 Å². The molecule has 0 fully saturated rings. The average Bonchev–Trinajstić information content (AvgIpc) is 2.58. The maximum Gasteiger partial charge on any atom is 0.573 e. The minimum absolute atomic E-state index is 0.252. The number of ether oxygens (including phenoxy) is 2. The number of alkyl halides is 3. The van der Waals surface area contributed by atoms with Gasteiger partial charge in [0.25, 0.3) is 5.91 Å². The van der Waals surface area contributed by atoms with Crippen LogP contribution in [0.1, 0.15) is 28.4 Å². The Balaban J connectivity index is 1.87. The number of benzene rings is 2. The lowest BCUT2D eigenvalue weighted by molar-refractivity contribution is -0.274. The predicted molar refractivity (Wildman–Crippen MR) is 86.1 cm³/mol. The van der Waals surface area contributed by atoms with Crippen LogP contribution in [0.25, 0.3) is 0 Å². The minimum atomic E-state index is -4.75. The Bertz CT molecular complexity index is 682. The highest BCUT2D eigenvalue weighted by atomic mass is 19.4. The van der Waals surface area contributed by atoms with Crippen molar-refractivity contribution in [1.29, 1.82) is 0 Å². The summed E-state index contributed by atoms with van der Waals surface area (Å²) >= 11 is 0. The molecule has 0 heterocycles. The first-order valence-electron chi connectivity index (χ1n) is 7.67. The monoisotopic (exact) mass is 353 g/mol. The number of carbonyl (C=O) groups excluding carboxylic acids is 1. The second-order valence-electron chi connectivity index (χ2n) is 5.21. The fourth-order valence-corrected chi connectivity index (χ4v) is 2.07. The van der Waals surface area contributed by atoms with Crippen molar-refractivity contribution in [1.82, 2.24) is 5.32 Å². The molecule has 0 spiro atoms. The van der Waals surface area contributed by atoms with Crippen molar-refractivity contribution < 1.29 is 27.4 Å². The van der Waals surface area contributed by atoms with Gasteiger partial charge in [-0.3, -0.25) is 4.79 Å². The van der Waals surface area contributed by atoms with Crippen LogP contribution in [-0.4, -0.2) is 18.9 Å². The number of hydrogen-bond donors (Lipinski definition) is 1. The molecule has 0 aliphatic carbocycles. The first kappa shape index (κ1) is 18.8. The third-order valence-corrected chi connectivity index (χ3v) is 3.30. The zero-order valence-electron chi connectivity index (χ0n) is 13.6. The van der Waals surface area contributed by atoms with E-state index in [0.717, 1.165) is 23.3 Å². The molecule has 134 valence electrons. The van der Waals surface area contributed by atoms with Crippen LogP contribution in [0.4, 0.5) is 13.2 Å². The molecule has 2 rings (SSSR count). The first-order valence-corrected chi connectivity index (χ1v) is 7.67. The summed E-state index contributed by atoms with van der Waals surface area (Å²) < 4.78 is 45.4. The number of amides is 1. The molecular formula is C18H18F3NO3. The van der Waals surface area contributed by atoms with Gasteiger partial charge in [0.2, 0.25) is 0 Å². The maximum atomic E-state index is 12.1. The molecular weight excluding hydrogens is 335 g/mol. The summed E-state index contributed by atoms with van der Waals surface area (Å²) in [5.41, 5.74) is 2.20. The van der Waals surface area contributed by atoms with E-state index in [4.69, 9.17) is 4.74 Å². The van der Waals surface area contributed by atoms with Crippen molar-refractivity contribution in [3.05, 3.63) is 65.2 Å². The van der Waals surface area contributed by atoms with E-state index < -0.39 is 6.36 Å². The molecule has 2 aromatic rings. The van der Waals surface area contributed by atoms with Crippen LogP contribution in [0.2, 0.25) is 0 Å². The van der Waals surface area contributed by atoms with Crippen molar-refractivity contribution in [2.75, 3.05) is 6.61 Å². The molecule has 0 aliphatic rings. The lowest BCUT2D eigenvalue weighted by Crippen LogP contribution is -2.23. The third kappa shape index (κ3) is 6.46. The molecule has 0 bridgehead atoms. The van der Waals surface area contributed by atoms with Gasteiger partial charge in [0.05, 0.1) is 6.61 Å². The summed E-state index contributed by atoms with van der Waals surface area (Å²) in [6.45, 7) is 3.42. The third-order valence-electron chi connectivity index (χ3n) is 3.30. The van der Waals surface area contributed by atoms with Gasteiger partial charge < -0.3 is 14.8 Å². The fourth-order valence-electron chi connectivity index (χ4n) is 2.07. The SMILES string of the molecule is CCOCc1ccc(CNC(=O)c2ccc(OC(F)(F)F)cc2)cc1. The molecule has 0 saturated carbocycles. The van der Waals surface area contributed by atoms with Gasteiger partial charge in [0.15, 0.2) is 0 Å². The van der Waals surface area contributed by atoms with Gasteiger partial charge >= 0.3 is 6.36 Å². The zero-order chi connectivity index (χ0) is 18.3. The Morgan fingerprint density at radius 3 is 2.16 bits per heavy atom. The molecule has 0 saturated heterocycles. The van der Waals surface area contributed by atoms with E-state index in [1.165, 1.54) is 12.1 Å². The highest BCUT2D eigenvalue weighted by molar-refractivity contribution is 5.94. The summed E-state index contributed by atoms with van der Waals surface area (Å²) in [6, 6.07) is 12.4.